The predicted octanol–water partition coefficient (Wildman–Crippen LogP) is 2.22. The van der Waals surface area contributed by atoms with E-state index in [1.165, 1.54) is 0 Å². The molecule has 1 saturated heterocycles. The average molecular weight is 264 g/mol. The Morgan fingerprint density at radius 1 is 1.56 bits per heavy atom. The zero-order valence-electron chi connectivity index (χ0n) is 10.1. The van der Waals surface area contributed by atoms with Crippen molar-refractivity contribution in [1.29, 1.82) is 0 Å². The molecule has 0 spiro atoms. The monoisotopic (exact) mass is 264 g/mol. The number of nitrogens with zero attached hydrogens (tertiary/aromatic N) is 2. The Balaban J connectivity index is 1.64. The summed E-state index contributed by atoms with van der Waals surface area (Å²) in [7, 11) is 0. The van der Waals surface area contributed by atoms with Gasteiger partial charge in [-0.3, -0.25) is 4.90 Å². The molecule has 1 unspecified atom stereocenters. The van der Waals surface area contributed by atoms with E-state index in [2.05, 4.69) is 15.3 Å². The van der Waals surface area contributed by atoms with Crippen LogP contribution in [0, 0.1) is 5.92 Å². The van der Waals surface area contributed by atoms with Gasteiger partial charge in [0.1, 0.15) is 0 Å². The van der Waals surface area contributed by atoms with Crippen LogP contribution in [0.1, 0.15) is 12.1 Å². The van der Waals surface area contributed by atoms with E-state index in [4.69, 9.17) is 9.52 Å². The van der Waals surface area contributed by atoms with Crippen LogP contribution in [0.2, 0.25) is 0 Å². The topological polar surface area (TPSA) is 49.5 Å². The van der Waals surface area contributed by atoms with Gasteiger partial charge in [-0.15, -0.1) is 11.3 Å². The second-order valence-corrected chi connectivity index (χ2v) is 5.55. The lowest BCUT2D eigenvalue weighted by molar-refractivity contribution is 0.219. The van der Waals surface area contributed by atoms with Crippen LogP contribution in [-0.4, -0.2) is 34.7 Å². The normalized spacial score (nSPS) is 20.6. The van der Waals surface area contributed by atoms with Gasteiger partial charge in [-0.1, -0.05) is 0 Å². The summed E-state index contributed by atoms with van der Waals surface area (Å²) in [5, 5.41) is 12.2. The fraction of sp³-hybridized carbons (Fsp3) is 0.462. The van der Waals surface area contributed by atoms with E-state index in [-0.39, 0.29) is 0 Å². The van der Waals surface area contributed by atoms with Gasteiger partial charge < -0.3 is 9.52 Å². The molecule has 2 aromatic heterocycles. The van der Waals surface area contributed by atoms with Gasteiger partial charge in [0.05, 0.1) is 12.0 Å². The number of hydrogen-bond acceptors (Lipinski definition) is 5. The maximum absolute atomic E-state index is 9.13. The quantitative estimate of drug-likeness (QED) is 0.920. The minimum atomic E-state index is 0.297. The summed E-state index contributed by atoms with van der Waals surface area (Å²) < 4.78 is 5.34. The van der Waals surface area contributed by atoms with Gasteiger partial charge in [-0.05, 0) is 31.0 Å². The molecule has 96 valence electrons. The lowest BCUT2D eigenvalue weighted by atomic mass is 10.1. The van der Waals surface area contributed by atoms with E-state index in [9.17, 15) is 0 Å². The largest absolute Gasteiger partial charge is 0.462 e. The molecule has 1 aliphatic heterocycles. The van der Waals surface area contributed by atoms with Gasteiger partial charge in [0, 0.05) is 25.1 Å². The van der Waals surface area contributed by atoms with E-state index in [0.29, 0.717) is 12.5 Å². The molecule has 3 rings (SSSR count). The van der Waals surface area contributed by atoms with Crippen LogP contribution < -0.4 is 0 Å². The van der Waals surface area contributed by atoms with E-state index < -0.39 is 0 Å². The van der Waals surface area contributed by atoms with Gasteiger partial charge in [-0.25, -0.2) is 4.98 Å². The lowest BCUT2D eigenvalue weighted by Gasteiger charge is -2.13. The number of thiazole rings is 1. The second-order valence-electron chi connectivity index (χ2n) is 4.69. The summed E-state index contributed by atoms with van der Waals surface area (Å²) in [5.74, 6) is 1.27. The van der Waals surface area contributed by atoms with Gasteiger partial charge in [0.15, 0.2) is 10.8 Å². The van der Waals surface area contributed by atoms with Crippen molar-refractivity contribution < 1.29 is 9.52 Å². The van der Waals surface area contributed by atoms with Gasteiger partial charge in [0.25, 0.3) is 0 Å². The van der Waals surface area contributed by atoms with Crippen molar-refractivity contribution in [3.05, 3.63) is 29.5 Å². The molecule has 1 aliphatic rings. The van der Waals surface area contributed by atoms with Crippen LogP contribution in [0.25, 0.3) is 10.8 Å². The van der Waals surface area contributed by atoms with Crippen LogP contribution >= 0.6 is 11.3 Å². The molecule has 18 heavy (non-hydrogen) atoms. The van der Waals surface area contributed by atoms with Crippen molar-refractivity contribution in [1.82, 2.24) is 9.88 Å². The Hall–Kier alpha value is -1.17. The molecule has 3 heterocycles. The smallest absolute Gasteiger partial charge is 0.162 e. The van der Waals surface area contributed by atoms with Gasteiger partial charge in [0.2, 0.25) is 0 Å². The van der Waals surface area contributed by atoms with Gasteiger partial charge >= 0.3 is 0 Å². The number of hydrogen-bond donors (Lipinski definition) is 1. The SMILES string of the molecule is OCC1CCN(Cc2csc(-c3ccco3)n2)C1. The average Bonchev–Trinajstić information content (AvgIpc) is 3.10. The van der Waals surface area contributed by atoms with Crippen LogP contribution in [0.15, 0.2) is 28.2 Å². The first-order valence-electron chi connectivity index (χ1n) is 6.16. The third-order valence-corrected chi connectivity index (χ3v) is 4.20. The number of likely N-dealkylation sites (tertiary alicyclic amines) is 1. The summed E-state index contributed by atoms with van der Waals surface area (Å²) in [6.45, 7) is 3.20. The summed E-state index contributed by atoms with van der Waals surface area (Å²) in [4.78, 5) is 6.94. The fourth-order valence-corrected chi connectivity index (χ4v) is 3.10. The first-order valence-corrected chi connectivity index (χ1v) is 7.04. The summed E-state index contributed by atoms with van der Waals surface area (Å²) in [6, 6.07) is 3.81. The zero-order chi connectivity index (χ0) is 12.4. The first kappa shape index (κ1) is 11.9. The summed E-state index contributed by atoms with van der Waals surface area (Å²) in [6.07, 6.45) is 2.76. The highest BCUT2D eigenvalue weighted by molar-refractivity contribution is 7.13. The van der Waals surface area contributed by atoms with Crippen molar-refractivity contribution in [2.45, 2.75) is 13.0 Å². The highest BCUT2D eigenvalue weighted by atomic mass is 32.1. The van der Waals surface area contributed by atoms with Crippen LogP contribution in [0.5, 0.6) is 0 Å². The molecule has 0 aliphatic carbocycles. The highest BCUT2D eigenvalue weighted by Gasteiger charge is 2.22. The van der Waals surface area contributed by atoms with Crippen LogP contribution in [0.3, 0.4) is 0 Å². The van der Waals surface area contributed by atoms with Crippen LogP contribution in [0.4, 0.5) is 0 Å². The van der Waals surface area contributed by atoms with Crippen molar-refractivity contribution in [2.24, 2.45) is 5.92 Å². The Morgan fingerprint density at radius 3 is 3.22 bits per heavy atom. The minimum absolute atomic E-state index is 0.297. The molecule has 0 radical (unpaired) electrons. The fourth-order valence-electron chi connectivity index (χ4n) is 2.33. The Bertz CT molecular complexity index is 495. The molecule has 0 amide bonds. The van der Waals surface area contributed by atoms with E-state index in [1.54, 1.807) is 17.6 Å². The Kier molecular flexibility index (Phi) is 3.45. The number of aliphatic hydroxyl groups is 1. The number of aromatic nitrogens is 1. The molecule has 4 nitrogen and oxygen atoms in total. The maximum atomic E-state index is 9.13. The first-order chi connectivity index (χ1) is 8.85. The molecule has 0 bridgehead atoms. The van der Waals surface area contributed by atoms with E-state index in [1.807, 2.05) is 12.1 Å². The number of aliphatic hydroxyl groups excluding tert-OH is 1. The van der Waals surface area contributed by atoms with Crippen molar-refractivity contribution in [3.8, 4) is 10.8 Å². The number of furan rings is 1. The van der Waals surface area contributed by atoms with Crippen LogP contribution in [-0.2, 0) is 6.54 Å². The molecule has 1 fully saturated rings. The second kappa shape index (κ2) is 5.22. The van der Waals surface area contributed by atoms with Crippen molar-refractivity contribution >= 4 is 11.3 Å². The molecule has 1 N–H and O–H groups in total. The summed E-state index contributed by atoms with van der Waals surface area (Å²) in [5.41, 5.74) is 1.09. The maximum Gasteiger partial charge on any atom is 0.162 e. The van der Waals surface area contributed by atoms with Gasteiger partial charge in [-0.2, -0.15) is 0 Å². The Labute approximate surface area is 110 Å². The molecule has 5 heteroatoms. The molecular formula is C13H16N2O2S. The third-order valence-electron chi connectivity index (χ3n) is 3.30. The van der Waals surface area contributed by atoms with E-state index in [0.717, 1.165) is 42.5 Å². The minimum Gasteiger partial charge on any atom is -0.462 e. The highest BCUT2D eigenvalue weighted by Crippen LogP contribution is 2.25. The lowest BCUT2D eigenvalue weighted by Crippen LogP contribution is -2.21. The number of rotatable bonds is 4. The molecule has 2 aromatic rings. The predicted molar refractivity (Wildman–Crippen MR) is 70.3 cm³/mol. The zero-order valence-corrected chi connectivity index (χ0v) is 10.9. The van der Waals surface area contributed by atoms with E-state index >= 15 is 0 Å². The molecular weight excluding hydrogens is 248 g/mol. The standard InChI is InChI=1S/C13H16N2O2S/c16-8-10-3-4-15(6-10)7-11-9-18-13(14-11)12-2-1-5-17-12/h1-2,5,9-10,16H,3-4,6-8H2. The Morgan fingerprint density at radius 2 is 2.50 bits per heavy atom. The summed E-state index contributed by atoms with van der Waals surface area (Å²) >= 11 is 1.62. The molecule has 1 atom stereocenters. The molecule has 0 aromatic carbocycles. The van der Waals surface area contributed by atoms with Crippen molar-refractivity contribution in [2.75, 3.05) is 19.7 Å². The molecule has 0 saturated carbocycles. The third kappa shape index (κ3) is 2.48. The van der Waals surface area contributed by atoms with Crippen molar-refractivity contribution in [3.63, 3.8) is 0 Å².